The second-order valence-electron chi connectivity index (χ2n) is 4.95. The number of aromatic nitrogens is 1. The summed E-state index contributed by atoms with van der Waals surface area (Å²) in [6.45, 7) is 3.93. The number of para-hydroxylation sites is 1. The number of nitrogens with one attached hydrogen (secondary N) is 1. The number of hydrogen-bond acceptors (Lipinski definition) is 2. The number of hydrogen-bond donors (Lipinski definition) is 2. The van der Waals surface area contributed by atoms with Crippen molar-refractivity contribution in [1.29, 1.82) is 0 Å². The summed E-state index contributed by atoms with van der Waals surface area (Å²) in [5.41, 5.74) is 3.97. The zero-order valence-corrected chi connectivity index (χ0v) is 12.0. The van der Waals surface area contributed by atoms with Crippen LogP contribution in [0.3, 0.4) is 0 Å². The first-order valence-electron chi connectivity index (χ1n) is 6.70. The van der Waals surface area contributed by atoms with Crippen molar-refractivity contribution in [2.75, 3.05) is 0 Å². The molecule has 2 rings (SSSR count). The third-order valence-corrected chi connectivity index (χ3v) is 3.54. The number of amides is 1. The molecule has 0 radical (unpaired) electrons. The SMILES string of the molecule is Cc1cc(CC(NC=O)C(=O)O)c(C)n1-c1ccccc1. The summed E-state index contributed by atoms with van der Waals surface area (Å²) in [6.07, 6.45) is 0.690. The van der Waals surface area contributed by atoms with Crippen LogP contribution in [0.25, 0.3) is 5.69 Å². The summed E-state index contributed by atoms with van der Waals surface area (Å²) in [7, 11) is 0. The Labute approximate surface area is 123 Å². The van der Waals surface area contributed by atoms with Crippen molar-refractivity contribution in [2.24, 2.45) is 0 Å². The zero-order chi connectivity index (χ0) is 15.4. The lowest BCUT2D eigenvalue weighted by molar-refractivity contribution is -0.140. The van der Waals surface area contributed by atoms with Crippen molar-refractivity contribution in [2.45, 2.75) is 26.3 Å². The van der Waals surface area contributed by atoms with Crippen LogP contribution in [0.1, 0.15) is 17.0 Å². The highest BCUT2D eigenvalue weighted by atomic mass is 16.4. The molecule has 0 saturated carbocycles. The second-order valence-corrected chi connectivity index (χ2v) is 4.95. The summed E-state index contributed by atoms with van der Waals surface area (Å²) in [5, 5.41) is 11.5. The standard InChI is InChI=1S/C16H18N2O3/c1-11-8-13(9-15(16(20)21)17-10-19)12(2)18(11)14-6-4-3-5-7-14/h3-8,10,15H,9H2,1-2H3,(H,17,19)(H,20,21). The largest absolute Gasteiger partial charge is 0.480 e. The summed E-state index contributed by atoms with van der Waals surface area (Å²) in [4.78, 5) is 21.6. The monoisotopic (exact) mass is 286 g/mol. The van der Waals surface area contributed by atoms with Gasteiger partial charge in [0.25, 0.3) is 0 Å². The van der Waals surface area contributed by atoms with Gasteiger partial charge in [-0.05, 0) is 37.6 Å². The van der Waals surface area contributed by atoms with Gasteiger partial charge in [0, 0.05) is 23.5 Å². The molecule has 110 valence electrons. The number of aliphatic carboxylic acids is 1. The Hall–Kier alpha value is -2.56. The van der Waals surface area contributed by atoms with Gasteiger partial charge in [-0.1, -0.05) is 18.2 Å². The van der Waals surface area contributed by atoms with Gasteiger partial charge in [-0.2, -0.15) is 0 Å². The van der Waals surface area contributed by atoms with Gasteiger partial charge in [0.1, 0.15) is 6.04 Å². The van der Waals surface area contributed by atoms with Crippen LogP contribution in [0.4, 0.5) is 0 Å². The van der Waals surface area contributed by atoms with Crippen molar-refractivity contribution in [3.8, 4) is 5.69 Å². The fraction of sp³-hybridized carbons (Fsp3) is 0.250. The van der Waals surface area contributed by atoms with Crippen LogP contribution in [0, 0.1) is 13.8 Å². The van der Waals surface area contributed by atoms with E-state index in [2.05, 4.69) is 9.88 Å². The molecule has 0 aliphatic heterocycles. The molecule has 0 fully saturated rings. The van der Waals surface area contributed by atoms with Crippen molar-refractivity contribution in [3.05, 3.63) is 53.3 Å². The number of rotatable bonds is 6. The van der Waals surface area contributed by atoms with Crippen LogP contribution in [0.5, 0.6) is 0 Å². The second kappa shape index (κ2) is 6.26. The molecular weight excluding hydrogens is 268 g/mol. The van der Waals surface area contributed by atoms with Crippen LogP contribution in [-0.4, -0.2) is 28.1 Å². The zero-order valence-electron chi connectivity index (χ0n) is 12.0. The van der Waals surface area contributed by atoms with E-state index in [1.54, 1.807) is 0 Å². The average molecular weight is 286 g/mol. The van der Waals surface area contributed by atoms with E-state index in [1.165, 1.54) is 0 Å². The summed E-state index contributed by atoms with van der Waals surface area (Å²) >= 11 is 0. The maximum Gasteiger partial charge on any atom is 0.326 e. The van der Waals surface area contributed by atoms with E-state index >= 15 is 0 Å². The molecule has 0 aliphatic rings. The van der Waals surface area contributed by atoms with Gasteiger partial charge in [0.2, 0.25) is 6.41 Å². The lowest BCUT2D eigenvalue weighted by Gasteiger charge is -2.12. The first-order valence-corrected chi connectivity index (χ1v) is 6.70. The number of benzene rings is 1. The smallest absolute Gasteiger partial charge is 0.326 e. The first-order chi connectivity index (χ1) is 10.0. The van der Waals surface area contributed by atoms with Crippen molar-refractivity contribution in [1.82, 2.24) is 9.88 Å². The Bertz CT molecular complexity index is 647. The summed E-state index contributed by atoms with van der Waals surface area (Å²) < 4.78 is 2.08. The minimum atomic E-state index is -1.04. The minimum Gasteiger partial charge on any atom is -0.480 e. The highest BCUT2D eigenvalue weighted by Gasteiger charge is 2.20. The van der Waals surface area contributed by atoms with Crippen molar-refractivity contribution < 1.29 is 14.7 Å². The van der Waals surface area contributed by atoms with Gasteiger partial charge >= 0.3 is 5.97 Å². The predicted octanol–water partition coefficient (Wildman–Crippen LogP) is 1.84. The maximum absolute atomic E-state index is 11.1. The topological polar surface area (TPSA) is 71.3 Å². The molecular formula is C16H18N2O3. The van der Waals surface area contributed by atoms with Crippen molar-refractivity contribution >= 4 is 12.4 Å². The summed E-state index contributed by atoms with van der Waals surface area (Å²) in [5.74, 6) is -1.04. The Morgan fingerprint density at radius 3 is 2.57 bits per heavy atom. The van der Waals surface area contributed by atoms with Crippen LogP contribution < -0.4 is 5.32 Å². The molecule has 2 aromatic rings. The lowest BCUT2D eigenvalue weighted by atomic mass is 10.1. The molecule has 0 aliphatic carbocycles. The molecule has 5 heteroatoms. The molecule has 1 atom stereocenters. The molecule has 5 nitrogen and oxygen atoms in total. The first kappa shape index (κ1) is 14.8. The lowest BCUT2D eigenvalue weighted by Crippen LogP contribution is -2.37. The maximum atomic E-state index is 11.1. The normalized spacial score (nSPS) is 11.9. The molecule has 0 saturated heterocycles. The number of carbonyl (C=O) groups excluding carboxylic acids is 1. The van der Waals surface area contributed by atoms with Gasteiger partial charge in [-0.15, -0.1) is 0 Å². The quantitative estimate of drug-likeness (QED) is 0.796. The van der Waals surface area contributed by atoms with Gasteiger partial charge in [-0.3, -0.25) is 4.79 Å². The number of carboxylic acids is 1. The van der Waals surface area contributed by atoms with Gasteiger partial charge in [-0.25, -0.2) is 4.79 Å². The molecule has 2 N–H and O–H groups in total. The average Bonchev–Trinajstić information content (AvgIpc) is 2.74. The molecule has 1 aromatic carbocycles. The Morgan fingerprint density at radius 2 is 2.00 bits per heavy atom. The number of carboxylic acid groups (broad SMARTS) is 1. The van der Waals surface area contributed by atoms with Gasteiger partial charge in [0.05, 0.1) is 0 Å². The molecule has 0 spiro atoms. The Morgan fingerprint density at radius 1 is 1.33 bits per heavy atom. The Kier molecular flexibility index (Phi) is 4.42. The van der Waals surface area contributed by atoms with E-state index in [4.69, 9.17) is 5.11 Å². The van der Waals surface area contributed by atoms with E-state index in [0.717, 1.165) is 22.6 Å². The van der Waals surface area contributed by atoms with E-state index in [0.29, 0.717) is 6.41 Å². The molecule has 21 heavy (non-hydrogen) atoms. The van der Waals surface area contributed by atoms with Gasteiger partial charge in [0.15, 0.2) is 0 Å². The minimum absolute atomic E-state index is 0.264. The Balaban J connectivity index is 2.35. The third-order valence-electron chi connectivity index (χ3n) is 3.54. The highest BCUT2D eigenvalue weighted by Crippen LogP contribution is 2.21. The highest BCUT2D eigenvalue weighted by molar-refractivity contribution is 5.76. The van der Waals surface area contributed by atoms with Gasteiger partial charge < -0.3 is 15.0 Å². The van der Waals surface area contributed by atoms with Crippen LogP contribution in [0.2, 0.25) is 0 Å². The fourth-order valence-electron chi connectivity index (χ4n) is 2.53. The molecule has 1 amide bonds. The summed E-state index contributed by atoms with van der Waals surface area (Å²) in [6, 6.07) is 10.9. The number of nitrogens with zero attached hydrogens (tertiary/aromatic N) is 1. The predicted molar refractivity (Wildman–Crippen MR) is 79.6 cm³/mol. The number of aryl methyl sites for hydroxylation is 1. The van der Waals surface area contributed by atoms with E-state index in [-0.39, 0.29) is 6.42 Å². The van der Waals surface area contributed by atoms with E-state index in [1.807, 2.05) is 50.2 Å². The molecule has 1 unspecified atom stereocenters. The molecule has 1 aromatic heterocycles. The third kappa shape index (κ3) is 3.13. The fourth-order valence-corrected chi connectivity index (χ4v) is 2.53. The molecule has 1 heterocycles. The molecule has 0 bridgehead atoms. The van der Waals surface area contributed by atoms with Crippen LogP contribution >= 0.6 is 0 Å². The van der Waals surface area contributed by atoms with Crippen LogP contribution in [-0.2, 0) is 16.0 Å². The van der Waals surface area contributed by atoms with E-state index in [9.17, 15) is 9.59 Å². The van der Waals surface area contributed by atoms with E-state index < -0.39 is 12.0 Å². The van der Waals surface area contributed by atoms with Crippen molar-refractivity contribution in [3.63, 3.8) is 0 Å². The number of carbonyl (C=O) groups is 2. The van der Waals surface area contributed by atoms with Crippen LogP contribution in [0.15, 0.2) is 36.4 Å².